The van der Waals surface area contributed by atoms with E-state index in [9.17, 15) is 13.2 Å². The van der Waals surface area contributed by atoms with Gasteiger partial charge in [-0.1, -0.05) is 43.9 Å². The molecule has 1 aliphatic rings. The van der Waals surface area contributed by atoms with Crippen LogP contribution >= 0.6 is 0 Å². The van der Waals surface area contributed by atoms with Crippen LogP contribution < -0.4 is 5.73 Å². The normalized spacial score (nSPS) is 17.3. The highest BCUT2D eigenvalue weighted by Crippen LogP contribution is 2.36. The summed E-state index contributed by atoms with van der Waals surface area (Å²) >= 11 is 0. The van der Waals surface area contributed by atoms with Gasteiger partial charge in [-0.05, 0) is 43.4 Å². The quantitative estimate of drug-likeness (QED) is 0.563. The number of hydrogen-bond donors (Lipinski definition) is 3. The monoisotopic (exact) mass is 357 g/mol. The van der Waals surface area contributed by atoms with Gasteiger partial charge in [-0.25, -0.2) is 0 Å². The van der Waals surface area contributed by atoms with E-state index >= 15 is 0 Å². The molecular formula is C17H27NO5S. The highest BCUT2D eigenvalue weighted by molar-refractivity contribution is 7.85. The van der Waals surface area contributed by atoms with Crippen molar-refractivity contribution in [1.29, 1.82) is 0 Å². The van der Waals surface area contributed by atoms with E-state index in [1.54, 1.807) is 25.1 Å². The lowest BCUT2D eigenvalue weighted by Gasteiger charge is -2.29. The van der Waals surface area contributed by atoms with Gasteiger partial charge in [-0.3, -0.25) is 9.35 Å². The summed E-state index contributed by atoms with van der Waals surface area (Å²) in [6.07, 6.45) is 7.01. The van der Waals surface area contributed by atoms with Crippen LogP contribution in [-0.2, 0) is 14.9 Å². The first-order valence-electron chi connectivity index (χ1n) is 8.15. The van der Waals surface area contributed by atoms with Crippen molar-refractivity contribution < 1.29 is 22.9 Å². The van der Waals surface area contributed by atoms with E-state index in [0.717, 1.165) is 25.7 Å². The predicted molar refractivity (Wildman–Crippen MR) is 92.4 cm³/mol. The SMILES string of the molecule is Cc1ccccc1S(=O)(=O)O.NCC1(CC(=O)O)CCCCCC1. The number of rotatable bonds is 4. The summed E-state index contributed by atoms with van der Waals surface area (Å²) in [6.45, 7) is 2.16. The van der Waals surface area contributed by atoms with E-state index in [2.05, 4.69) is 0 Å². The zero-order valence-electron chi connectivity index (χ0n) is 14.1. The van der Waals surface area contributed by atoms with Gasteiger partial charge in [0.2, 0.25) is 0 Å². The minimum Gasteiger partial charge on any atom is -0.481 e. The van der Waals surface area contributed by atoms with Crippen molar-refractivity contribution in [3.8, 4) is 0 Å². The smallest absolute Gasteiger partial charge is 0.303 e. The Labute approximate surface area is 143 Å². The van der Waals surface area contributed by atoms with E-state index in [0.29, 0.717) is 12.1 Å². The van der Waals surface area contributed by atoms with Crippen molar-refractivity contribution in [3.63, 3.8) is 0 Å². The van der Waals surface area contributed by atoms with Crippen LogP contribution in [0.4, 0.5) is 0 Å². The maximum atomic E-state index is 10.7. The van der Waals surface area contributed by atoms with E-state index in [1.807, 2.05) is 0 Å². The van der Waals surface area contributed by atoms with E-state index in [1.165, 1.54) is 18.9 Å². The summed E-state index contributed by atoms with van der Waals surface area (Å²) in [5.74, 6) is -0.702. The van der Waals surface area contributed by atoms with Crippen molar-refractivity contribution in [2.75, 3.05) is 6.54 Å². The molecule has 0 spiro atoms. The van der Waals surface area contributed by atoms with Gasteiger partial charge in [0.1, 0.15) is 0 Å². The Kier molecular flexibility index (Phi) is 7.86. The van der Waals surface area contributed by atoms with Crippen molar-refractivity contribution in [2.45, 2.75) is 56.8 Å². The Hall–Kier alpha value is -1.44. The number of benzene rings is 1. The molecular weight excluding hydrogens is 330 g/mol. The van der Waals surface area contributed by atoms with Crippen molar-refractivity contribution in [1.82, 2.24) is 0 Å². The zero-order chi connectivity index (χ0) is 18.2. The average molecular weight is 357 g/mol. The summed E-state index contributed by atoms with van der Waals surface area (Å²) in [6, 6.07) is 6.27. The van der Waals surface area contributed by atoms with Gasteiger partial charge in [-0.15, -0.1) is 0 Å². The van der Waals surface area contributed by atoms with Gasteiger partial charge in [0.05, 0.1) is 11.3 Å². The average Bonchev–Trinajstić information content (AvgIpc) is 2.73. The second-order valence-corrected chi connectivity index (χ2v) is 7.82. The highest BCUT2D eigenvalue weighted by Gasteiger charge is 2.31. The molecule has 0 radical (unpaired) electrons. The van der Waals surface area contributed by atoms with Gasteiger partial charge in [0.25, 0.3) is 10.1 Å². The maximum absolute atomic E-state index is 10.7. The van der Waals surface area contributed by atoms with Crippen LogP contribution in [0.1, 0.15) is 50.5 Å². The Bertz CT molecular complexity index is 634. The fraction of sp³-hybridized carbons (Fsp3) is 0.588. The van der Waals surface area contributed by atoms with Crippen molar-refractivity contribution in [3.05, 3.63) is 29.8 Å². The Balaban J connectivity index is 0.000000243. The molecule has 2 rings (SSSR count). The number of aryl methyl sites for hydroxylation is 1. The Morgan fingerprint density at radius 3 is 2.08 bits per heavy atom. The lowest BCUT2D eigenvalue weighted by Crippen LogP contribution is -2.32. The third-order valence-electron chi connectivity index (χ3n) is 4.49. The maximum Gasteiger partial charge on any atom is 0.303 e. The molecule has 4 N–H and O–H groups in total. The topological polar surface area (TPSA) is 118 Å². The van der Waals surface area contributed by atoms with Crippen LogP contribution in [0.15, 0.2) is 29.2 Å². The van der Waals surface area contributed by atoms with E-state index in [-0.39, 0.29) is 16.7 Å². The van der Waals surface area contributed by atoms with Crippen LogP contribution in [0.25, 0.3) is 0 Å². The number of carboxylic acids is 1. The molecule has 136 valence electrons. The summed E-state index contributed by atoms with van der Waals surface area (Å²) in [7, 11) is -4.03. The number of carbonyl (C=O) groups is 1. The zero-order valence-corrected chi connectivity index (χ0v) is 14.9. The molecule has 1 fully saturated rings. The fourth-order valence-electron chi connectivity index (χ4n) is 3.10. The van der Waals surface area contributed by atoms with Gasteiger partial charge >= 0.3 is 5.97 Å². The molecule has 24 heavy (non-hydrogen) atoms. The van der Waals surface area contributed by atoms with E-state index in [4.69, 9.17) is 15.4 Å². The van der Waals surface area contributed by atoms with Crippen LogP contribution in [0, 0.1) is 12.3 Å². The second-order valence-electron chi connectivity index (χ2n) is 6.43. The van der Waals surface area contributed by atoms with E-state index < -0.39 is 16.1 Å². The second kappa shape index (κ2) is 9.15. The molecule has 0 amide bonds. The van der Waals surface area contributed by atoms with Gasteiger partial charge in [-0.2, -0.15) is 8.42 Å². The number of nitrogens with two attached hydrogens (primary N) is 1. The summed E-state index contributed by atoms with van der Waals surface area (Å²) in [5, 5.41) is 8.80. The fourth-order valence-corrected chi connectivity index (χ4v) is 3.82. The lowest BCUT2D eigenvalue weighted by atomic mass is 9.77. The third kappa shape index (κ3) is 6.59. The molecule has 6 nitrogen and oxygen atoms in total. The number of hydrogen-bond acceptors (Lipinski definition) is 4. The first-order valence-corrected chi connectivity index (χ1v) is 9.59. The molecule has 1 aromatic carbocycles. The van der Waals surface area contributed by atoms with Crippen molar-refractivity contribution >= 4 is 16.1 Å². The standard InChI is InChI=1S/C10H19NO2.C7H8O3S/c11-8-10(7-9(12)13)5-3-1-2-4-6-10;1-6-4-2-3-5-7(6)11(8,9)10/h1-8,11H2,(H,12,13);2-5H,1H3,(H,8,9,10). The first-order chi connectivity index (χ1) is 11.2. The number of aliphatic carboxylic acids is 1. The van der Waals surface area contributed by atoms with Crippen LogP contribution in [0.3, 0.4) is 0 Å². The Morgan fingerprint density at radius 1 is 1.17 bits per heavy atom. The third-order valence-corrected chi connectivity index (χ3v) is 5.51. The molecule has 1 saturated carbocycles. The van der Waals surface area contributed by atoms with Gasteiger partial charge < -0.3 is 10.8 Å². The molecule has 0 aliphatic heterocycles. The molecule has 1 aliphatic carbocycles. The summed E-state index contributed by atoms with van der Waals surface area (Å²) in [4.78, 5) is 10.7. The van der Waals surface area contributed by atoms with Crippen LogP contribution in [-0.4, -0.2) is 30.6 Å². The molecule has 7 heteroatoms. The van der Waals surface area contributed by atoms with Gasteiger partial charge in [0.15, 0.2) is 0 Å². The Morgan fingerprint density at radius 2 is 1.71 bits per heavy atom. The molecule has 0 aromatic heterocycles. The van der Waals surface area contributed by atoms with Crippen molar-refractivity contribution in [2.24, 2.45) is 11.1 Å². The molecule has 0 heterocycles. The molecule has 0 saturated heterocycles. The minimum absolute atomic E-state index is 0.0278. The minimum atomic E-state index is -4.03. The molecule has 0 atom stereocenters. The summed E-state index contributed by atoms with van der Waals surface area (Å²) in [5.41, 5.74) is 6.15. The lowest BCUT2D eigenvalue weighted by molar-refractivity contribution is -0.139. The summed E-state index contributed by atoms with van der Waals surface area (Å²) < 4.78 is 29.9. The molecule has 1 aromatic rings. The van der Waals surface area contributed by atoms with Crippen LogP contribution in [0.5, 0.6) is 0 Å². The molecule has 0 unspecified atom stereocenters. The largest absolute Gasteiger partial charge is 0.481 e. The van der Waals surface area contributed by atoms with Gasteiger partial charge in [0, 0.05) is 0 Å². The van der Waals surface area contributed by atoms with Crippen LogP contribution in [0.2, 0.25) is 0 Å². The molecule has 0 bridgehead atoms. The predicted octanol–water partition coefficient (Wildman–Crippen LogP) is 3.00. The number of carboxylic acid groups (broad SMARTS) is 1. The highest BCUT2D eigenvalue weighted by atomic mass is 32.2. The first kappa shape index (κ1) is 20.6.